The van der Waals surface area contributed by atoms with E-state index in [1.807, 2.05) is 32.9 Å². The molecule has 0 heterocycles. The summed E-state index contributed by atoms with van der Waals surface area (Å²) in [5.41, 5.74) is 2.47. The van der Waals surface area contributed by atoms with Gasteiger partial charge >= 0.3 is 0 Å². The predicted octanol–water partition coefficient (Wildman–Crippen LogP) is 6.19. The van der Waals surface area contributed by atoms with E-state index in [0.717, 1.165) is 5.92 Å². The fourth-order valence-electron chi connectivity index (χ4n) is 0.677. The first-order valence-electron chi connectivity index (χ1n) is 6.92. The van der Waals surface area contributed by atoms with E-state index in [4.69, 9.17) is 0 Å². The van der Waals surface area contributed by atoms with Crippen LogP contribution in [0.4, 0.5) is 0 Å². The lowest BCUT2D eigenvalue weighted by Gasteiger charge is -1.94. The summed E-state index contributed by atoms with van der Waals surface area (Å²) in [4.78, 5) is 3.63. The Labute approximate surface area is 115 Å². The number of rotatable bonds is 4. The first kappa shape index (κ1) is 22.1. The fraction of sp³-hybridized carbons (Fsp3) is 0.588. The van der Waals surface area contributed by atoms with Crippen LogP contribution in [-0.2, 0) is 0 Å². The number of hydrogen-bond acceptors (Lipinski definition) is 1. The van der Waals surface area contributed by atoms with Crippen LogP contribution in [0, 0.1) is 5.92 Å². The number of allylic oxidation sites excluding steroid dienone is 5. The topological polar surface area (TPSA) is 12.4 Å². The maximum Gasteiger partial charge on any atom is 0.0263 e. The van der Waals surface area contributed by atoms with Crippen molar-refractivity contribution in [2.45, 2.75) is 61.8 Å². The van der Waals surface area contributed by atoms with Crippen molar-refractivity contribution in [3.05, 3.63) is 35.6 Å². The summed E-state index contributed by atoms with van der Waals surface area (Å²) in [6.07, 6.45) is 9.04. The lowest BCUT2D eigenvalue weighted by Crippen LogP contribution is -1.77. The second-order valence-electron chi connectivity index (χ2n) is 4.17. The minimum Gasteiger partial charge on any atom is -0.273 e. The van der Waals surface area contributed by atoms with Crippen molar-refractivity contribution >= 4 is 6.72 Å². The molecule has 1 heteroatoms. The normalized spacial score (nSPS) is 11.6. The van der Waals surface area contributed by atoms with Crippen LogP contribution >= 0.6 is 0 Å². The second-order valence-corrected chi connectivity index (χ2v) is 4.17. The second kappa shape index (κ2) is 18.3. The average molecular weight is 251 g/mol. The molecular weight excluding hydrogens is 218 g/mol. The molecule has 0 aromatic carbocycles. The molecule has 0 radical (unpaired) electrons. The largest absolute Gasteiger partial charge is 0.273 e. The Hall–Kier alpha value is -1.11. The SMILES string of the molecule is C=N\C=C/C(C)=C(C)/C=C\C.CC.CCC(C)C. The Morgan fingerprint density at radius 2 is 1.50 bits per heavy atom. The van der Waals surface area contributed by atoms with Gasteiger partial charge in [-0.3, -0.25) is 4.99 Å². The van der Waals surface area contributed by atoms with Crippen molar-refractivity contribution in [2.24, 2.45) is 10.9 Å². The first-order chi connectivity index (χ1) is 8.49. The third-order valence-corrected chi connectivity index (χ3v) is 2.29. The standard InChI is InChI=1S/C10H15N.C5H12.C2H6/c1-5-6-9(2)10(3)7-8-11-4;1-4-5(2)3;1-2/h5-8H,4H2,1-3H3;5H,4H2,1-3H3;1-2H3/b6-5-,8-7-,10-9+;;. The van der Waals surface area contributed by atoms with E-state index in [1.165, 1.54) is 17.6 Å². The van der Waals surface area contributed by atoms with Crippen LogP contribution in [0.3, 0.4) is 0 Å². The number of aliphatic imine (C=N–C) groups is 1. The molecule has 0 N–H and O–H groups in total. The molecule has 0 aromatic heterocycles. The zero-order chi connectivity index (χ0) is 15.0. The van der Waals surface area contributed by atoms with E-state index >= 15 is 0 Å². The summed E-state index contributed by atoms with van der Waals surface area (Å²) < 4.78 is 0. The van der Waals surface area contributed by atoms with Gasteiger partial charge < -0.3 is 0 Å². The summed E-state index contributed by atoms with van der Waals surface area (Å²) in [6.45, 7) is 20.1. The Morgan fingerprint density at radius 3 is 1.78 bits per heavy atom. The van der Waals surface area contributed by atoms with Gasteiger partial charge in [-0.15, -0.1) is 0 Å². The molecule has 0 bridgehead atoms. The van der Waals surface area contributed by atoms with Crippen LogP contribution in [-0.4, -0.2) is 6.72 Å². The minimum atomic E-state index is 0.884. The fourth-order valence-corrected chi connectivity index (χ4v) is 0.677. The van der Waals surface area contributed by atoms with Gasteiger partial charge in [0.15, 0.2) is 0 Å². The van der Waals surface area contributed by atoms with Crippen molar-refractivity contribution in [3.8, 4) is 0 Å². The molecule has 0 saturated heterocycles. The number of hydrogen-bond donors (Lipinski definition) is 0. The van der Waals surface area contributed by atoms with Gasteiger partial charge in [0.25, 0.3) is 0 Å². The highest BCUT2D eigenvalue weighted by atomic mass is 14.6. The van der Waals surface area contributed by atoms with Gasteiger partial charge in [0.05, 0.1) is 0 Å². The van der Waals surface area contributed by atoms with E-state index in [1.54, 1.807) is 6.20 Å². The summed E-state index contributed by atoms with van der Waals surface area (Å²) >= 11 is 0. The molecule has 106 valence electrons. The molecule has 0 unspecified atom stereocenters. The summed E-state index contributed by atoms with van der Waals surface area (Å²) in [5.74, 6) is 0.884. The molecule has 0 rings (SSSR count). The van der Waals surface area contributed by atoms with Gasteiger partial charge in [-0.2, -0.15) is 0 Å². The molecule has 0 aliphatic rings. The summed E-state index contributed by atoms with van der Waals surface area (Å²) in [7, 11) is 0. The molecule has 1 nitrogen and oxygen atoms in total. The van der Waals surface area contributed by atoms with Crippen molar-refractivity contribution in [3.63, 3.8) is 0 Å². The van der Waals surface area contributed by atoms with Crippen LogP contribution < -0.4 is 0 Å². The zero-order valence-corrected chi connectivity index (χ0v) is 13.7. The van der Waals surface area contributed by atoms with Crippen LogP contribution in [0.5, 0.6) is 0 Å². The molecule has 18 heavy (non-hydrogen) atoms. The highest BCUT2D eigenvalue weighted by molar-refractivity contribution is 5.32. The van der Waals surface area contributed by atoms with Crippen molar-refractivity contribution in [1.82, 2.24) is 0 Å². The van der Waals surface area contributed by atoms with E-state index in [-0.39, 0.29) is 0 Å². The van der Waals surface area contributed by atoms with E-state index in [9.17, 15) is 0 Å². The molecular formula is C17H33N. The van der Waals surface area contributed by atoms with E-state index < -0.39 is 0 Å². The Morgan fingerprint density at radius 1 is 1.11 bits per heavy atom. The number of nitrogens with zero attached hydrogens (tertiary/aromatic N) is 1. The lowest BCUT2D eigenvalue weighted by atomic mass is 10.1. The Balaban J connectivity index is -0.000000270. The monoisotopic (exact) mass is 251 g/mol. The molecule has 0 fully saturated rings. The van der Waals surface area contributed by atoms with Gasteiger partial charge in [0.1, 0.15) is 0 Å². The van der Waals surface area contributed by atoms with Crippen LogP contribution in [0.1, 0.15) is 61.8 Å². The van der Waals surface area contributed by atoms with Gasteiger partial charge in [0.2, 0.25) is 0 Å². The molecule has 0 amide bonds. The zero-order valence-electron chi connectivity index (χ0n) is 13.7. The van der Waals surface area contributed by atoms with Crippen LogP contribution in [0.25, 0.3) is 0 Å². The van der Waals surface area contributed by atoms with Crippen LogP contribution in [0.2, 0.25) is 0 Å². The Bertz CT molecular complexity index is 255. The van der Waals surface area contributed by atoms with E-state index in [2.05, 4.69) is 52.4 Å². The average Bonchev–Trinajstić information content (AvgIpc) is 2.39. The maximum atomic E-state index is 3.63. The van der Waals surface area contributed by atoms with Gasteiger partial charge in [-0.1, -0.05) is 53.2 Å². The van der Waals surface area contributed by atoms with Crippen LogP contribution in [0.15, 0.2) is 40.6 Å². The summed E-state index contributed by atoms with van der Waals surface area (Å²) in [5, 5.41) is 0. The summed E-state index contributed by atoms with van der Waals surface area (Å²) in [6, 6.07) is 0. The molecule has 0 aromatic rings. The molecule has 0 saturated carbocycles. The van der Waals surface area contributed by atoms with Gasteiger partial charge in [0, 0.05) is 6.20 Å². The smallest absolute Gasteiger partial charge is 0.0263 e. The van der Waals surface area contributed by atoms with Crippen molar-refractivity contribution < 1.29 is 0 Å². The highest BCUT2D eigenvalue weighted by Crippen LogP contribution is 2.05. The van der Waals surface area contributed by atoms with Crippen molar-refractivity contribution in [2.75, 3.05) is 0 Å². The molecule has 0 spiro atoms. The molecule has 0 aliphatic carbocycles. The molecule has 0 aliphatic heterocycles. The maximum absolute atomic E-state index is 3.63. The third kappa shape index (κ3) is 20.3. The Kier molecular flexibility index (Phi) is 22.4. The lowest BCUT2D eigenvalue weighted by molar-refractivity contribution is 0.626. The molecule has 0 atom stereocenters. The highest BCUT2D eigenvalue weighted by Gasteiger charge is 1.85. The first-order valence-corrected chi connectivity index (χ1v) is 6.92. The third-order valence-electron chi connectivity index (χ3n) is 2.29. The quantitative estimate of drug-likeness (QED) is 0.417. The van der Waals surface area contributed by atoms with E-state index in [0.29, 0.717) is 0 Å². The minimum absolute atomic E-state index is 0.884. The predicted molar refractivity (Wildman–Crippen MR) is 88.4 cm³/mol. The van der Waals surface area contributed by atoms with Crippen molar-refractivity contribution in [1.29, 1.82) is 0 Å². The van der Waals surface area contributed by atoms with Gasteiger partial charge in [-0.25, -0.2) is 0 Å². The van der Waals surface area contributed by atoms with Gasteiger partial charge in [-0.05, 0) is 50.6 Å².